The number of likely N-dealkylation sites (tertiary alicyclic amines) is 2. The Balaban J connectivity index is 0.00000210. The molecule has 0 spiro atoms. The minimum Gasteiger partial charge on any atom is -0.462 e. The van der Waals surface area contributed by atoms with Crippen molar-refractivity contribution in [2.45, 2.75) is 57.8 Å². The second kappa shape index (κ2) is 15.6. The molecule has 0 radical (unpaired) electrons. The molecule has 0 bridgehead atoms. The second-order valence-corrected chi connectivity index (χ2v) is 10.7. The van der Waals surface area contributed by atoms with Gasteiger partial charge < -0.3 is 19.3 Å². The number of nitrogens with zero attached hydrogens (tertiary/aromatic N) is 2. The van der Waals surface area contributed by atoms with Gasteiger partial charge in [-0.25, -0.2) is 9.59 Å². The zero-order valence-corrected chi connectivity index (χ0v) is 24.5. The quantitative estimate of drug-likeness (QED) is 0.212. The highest BCUT2D eigenvalue weighted by molar-refractivity contribution is 5.93. The predicted molar refractivity (Wildman–Crippen MR) is 160 cm³/mol. The van der Waals surface area contributed by atoms with Gasteiger partial charge in [0, 0.05) is 13.1 Å². The first kappa shape index (κ1) is 31.4. The van der Waals surface area contributed by atoms with Gasteiger partial charge in [-0.05, 0) is 118 Å². The summed E-state index contributed by atoms with van der Waals surface area (Å²) >= 11 is 0. The summed E-state index contributed by atoms with van der Waals surface area (Å²) in [5.74, 6) is -0.516. The molecule has 6 nitrogen and oxygen atoms in total. The van der Waals surface area contributed by atoms with Crippen LogP contribution in [-0.2, 0) is 15.9 Å². The second-order valence-electron chi connectivity index (χ2n) is 10.7. The topological polar surface area (TPSA) is 59.1 Å². The Labute approximate surface area is 245 Å². The highest BCUT2D eigenvalue weighted by Gasteiger charge is 2.22. The maximum atomic E-state index is 12.6. The van der Waals surface area contributed by atoms with Crippen LogP contribution in [-0.4, -0.2) is 74.2 Å². The molecule has 3 aliphatic rings. The molecule has 2 aliphatic heterocycles. The standard InChI is InChI=1S/C31H40N2O4.2ClH/c34-30(36-19-7-17-32-13-3-1-4-14-32)24-9-11-28-26(21-24)23-27-22-25(10-12-29(27)28)31(35)37-20-8-18-33-15-5-2-6-16-33;;/h9-12,21-22H,1-8,13-20,23H2;2*1H. The van der Waals surface area contributed by atoms with Crippen molar-refractivity contribution in [1.82, 2.24) is 9.80 Å². The highest BCUT2D eigenvalue weighted by Crippen LogP contribution is 2.37. The molecule has 0 amide bonds. The van der Waals surface area contributed by atoms with E-state index in [4.69, 9.17) is 9.47 Å². The molecule has 0 aromatic heterocycles. The molecule has 1 aliphatic carbocycles. The molecule has 2 heterocycles. The number of piperidine rings is 2. The molecule has 2 fully saturated rings. The van der Waals surface area contributed by atoms with Gasteiger partial charge in [0.1, 0.15) is 0 Å². The molecule has 8 heteroatoms. The molecule has 5 rings (SSSR count). The lowest BCUT2D eigenvalue weighted by Crippen LogP contribution is -2.31. The van der Waals surface area contributed by atoms with Crippen molar-refractivity contribution in [2.24, 2.45) is 0 Å². The maximum Gasteiger partial charge on any atom is 0.338 e. The van der Waals surface area contributed by atoms with Crippen LogP contribution in [0, 0.1) is 0 Å². The molecule has 39 heavy (non-hydrogen) atoms. The fourth-order valence-corrected chi connectivity index (χ4v) is 5.90. The summed E-state index contributed by atoms with van der Waals surface area (Å²) in [7, 11) is 0. The van der Waals surface area contributed by atoms with E-state index in [9.17, 15) is 9.59 Å². The summed E-state index contributed by atoms with van der Waals surface area (Å²) in [6.45, 7) is 7.56. The van der Waals surface area contributed by atoms with Crippen molar-refractivity contribution in [3.05, 3.63) is 58.7 Å². The van der Waals surface area contributed by atoms with Gasteiger partial charge in [-0.1, -0.05) is 25.0 Å². The molecular formula is C31H42Cl2N2O4. The van der Waals surface area contributed by atoms with Crippen LogP contribution >= 0.6 is 24.8 Å². The summed E-state index contributed by atoms with van der Waals surface area (Å²) in [4.78, 5) is 30.2. The lowest BCUT2D eigenvalue weighted by molar-refractivity contribution is 0.0476. The molecule has 214 valence electrons. The molecule has 0 atom stereocenters. The molecule has 0 saturated carbocycles. The van der Waals surface area contributed by atoms with Gasteiger partial charge in [0.2, 0.25) is 0 Å². The van der Waals surface area contributed by atoms with Gasteiger partial charge in [0.05, 0.1) is 24.3 Å². The first-order valence-electron chi connectivity index (χ1n) is 14.2. The number of carbonyl (C=O) groups is 2. The maximum absolute atomic E-state index is 12.6. The smallest absolute Gasteiger partial charge is 0.338 e. The Bertz CT molecular complexity index is 1010. The van der Waals surface area contributed by atoms with E-state index < -0.39 is 0 Å². The van der Waals surface area contributed by atoms with Gasteiger partial charge >= 0.3 is 11.9 Å². The summed E-state index contributed by atoms with van der Waals surface area (Å²) in [6, 6.07) is 11.6. The summed E-state index contributed by atoms with van der Waals surface area (Å²) in [5, 5.41) is 0. The van der Waals surface area contributed by atoms with E-state index in [-0.39, 0.29) is 36.8 Å². The fourth-order valence-electron chi connectivity index (χ4n) is 5.90. The number of hydrogen-bond donors (Lipinski definition) is 0. The molecular weight excluding hydrogens is 535 g/mol. The van der Waals surface area contributed by atoms with Gasteiger partial charge in [-0.3, -0.25) is 0 Å². The third-order valence-corrected chi connectivity index (χ3v) is 7.95. The lowest BCUT2D eigenvalue weighted by atomic mass is 10.0. The predicted octanol–water partition coefficient (Wildman–Crippen LogP) is 6.17. The Morgan fingerprint density at radius 1 is 0.615 bits per heavy atom. The number of esters is 2. The molecule has 0 N–H and O–H groups in total. The summed E-state index contributed by atoms with van der Waals surface area (Å²) in [6.07, 6.45) is 10.2. The summed E-state index contributed by atoms with van der Waals surface area (Å²) < 4.78 is 11.1. The van der Waals surface area contributed by atoms with Crippen LogP contribution in [0.4, 0.5) is 0 Å². The lowest BCUT2D eigenvalue weighted by Gasteiger charge is -2.26. The van der Waals surface area contributed by atoms with E-state index in [1.54, 1.807) is 0 Å². The van der Waals surface area contributed by atoms with Crippen molar-refractivity contribution in [2.75, 3.05) is 52.5 Å². The zero-order chi connectivity index (χ0) is 25.5. The molecule has 2 aromatic rings. The third-order valence-electron chi connectivity index (χ3n) is 7.95. The number of benzene rings is 2. The van der Waals surface area contributed by atoms with Crippen LogP contribution in [0.15, 0.2) is 36.4 Å². The van der Waals surface area contributed by atoms with Crippen molar-refractivity contribution >= 4 is 36.8 Å². The van der Waals surface area contributed by atoms with E-state index in [1.807, 2.05) is 36.4 Å². The van der Waals surface area contributed by atoms with Crippen LogP contribution < -0.4 is 0 Å². The number of hydrogen-bond acceptors (Lipinski definition) is 6. The molecule has 2 saturated heterocycles. The average molecular weight is 578 g/mol. The minimum absolute atomic E-state index is 0. The van der Waals surface area contributed by atoms with Crippen molar-refractivity contribution in [1.29, 1.82) is 0 Å². The van der Waals surface area contributed by atoms with Crippen molar-refractivity contribution in [3.8, 4) is 11.1 Å². The van der Waals surface area contributed by atoms with Crippen LogP contribution in [0.25, 0.3) is 11.1 Å². The Kier molecular flexibility index (Phi) is 12.6. The van der Waals surface area contributed by atoms with Crippen LogP contribution in [0.5, 0.6) is 0 Å². The van der Waals surface area contributed by atoms with E-state index in [0.717, 1.165) is 74.4 Å². The number of ether oxygens (including phenoxy) is 2. The van der Waals surface area contributed by atoms with E-state index in [1.165, 1.54) is 38.5 Å². The van der Waals surface area contributed by atoms with Gasteiger partial charge in [-0.2, -0.15) is 0 Å². The van der Waals surface area contributed by atoms with Gasteiger partial charge in [-0.15, -0.1) is 24.8 Å². The minimum atomic E-state index is -0.258. The van der Waals surface area contributed by atoms with Crippen LogP contribution in [0.1, 0.15) is 83.2 Å². The van der Waals surface area contributed by atoms with Crippen LogP contribution in [0.2, 0.25) is 0 Å². The van der Waals surface area contributed by atoms with E-state index in [0.29, 0.717) is 30.8 Å². The van der Waals surface area contributed by atoms with Crippen molar-refractivity contribution in [3.63, 3.8) is 0 Å². The number of carbonyl (C=O) groups excluding carboxylic acids is 2. The first-order chi connectivity index (χ1) is 18.2. The highest BCUT2D eigenvalue weighted by atomic mass is 35.5. The van der Waals surface area contributed by atoms with E-state index in [2.05, 4.69) is 9.80 Å². The van der Waals surface area contributed by atoms with Gasteiger partial charge in [0.25, 0.3) is 0 Å². The number of rotatable bonds is 10. The largest absolute Gasteiger partial charge is 0.462 e. The average Bonchev–Trinajstić information content (AvgIpc) is 3.31. The zero-order valence-electron chi connectivity index (χ0n) is 22.8. The Morgan fingerprint density at radius 2 is 1.03 bits per heavy atom. The fraction of sp³-hybridized carbons (Fsp3) is 0.548. The normalized spacial score (nSPS) is 16.8. The summed E-state index contributed by atoms with van der Waals surface area (Å²) in [5.41, 5.74) is 5.64. The monoisotopic (exact) mass is 576 g/mol. The van der Waals surface area contributed by atoms with E-state index >= 15 is 0 Å². The molecule has 2 aromatic carbocycles. The first-order valence-corrected chi connectivity index (χ1v) is 14.2. The number of halogens is 2. The van der Waals surface area contributed by atoms with Gasteiger partial charge in [0.15, 0.2) is 0 Å². The SMILES string of the molecule is Cl.Cl.O=C(OCCCN1CCCCC1)c1ccc2c(c1)Cc1cc(C(=O)OCCCN3CCCCC3)ccc1-2. The third kappa shape index (κ3) is 8.43. The van der Waals surface area contributed by atoms with Crippen LogP contribution in [0.3, 0.4) is 0 Å². The number of fused-ring (bicyclic) bond motifs is 3. The Morgan fingerprint density at radius 3 is 1.44 bits per heavy atom. The molecule has 0 unspecified atom stereocenters. The Hall–Kier alpha value is -2.12. The van der Waals surface area contributed by atoms with Crippen molar-refractivity contribution < 1.29 is 19.1 Å².